The van der Waals surface area contributed by atoms with Gasteiger partial charge >= 0.3 is 6.03 Å². The molecule has 4 unspecified atom stereocenters. The van der Waals surface area contributed by atoms with Gasteiger partial charge in [0.1, 0.15) is 17.9 Å². The summed E-state index contributed by atoms with van der Waals surface area (Å²) < 4.78 is 13.5. The number of rotatable bonds is 7. The van der Waals surface area contributed by atoms with Crippen LogP contribution in [0.4, 0.5) is 9.18 Å². The van der Waals surface area contributed by atoms with Gasteiger partial charge in [0.2, 0.25) is 5.91 Å². The Morgan fingerprint density at radius 3 is 2.71 bits per heavy atom. The van der Waals surface area contributed by atoms with Gasteiger partial charge in [0.25, 0.3) is 5.91 Å². The molecular weight excluding hydrogens is 449 g/mol. The molecule has 2 saturated heterocycles. The van der Waals surface area contributed by atoms with Gasteiger partial charge in [-0.25, -0.2) is 9.18 Å². The van der Waals surface area contributed by atoms with E-state index < -0.39 is 11.6 Å². The number of imide groups is 1. The Balaban J connectivity index is 1.24. The van der Waals surface area contributed by atoms with Crippen LogP contribution in [0.25, 0.3) is 0 Å². The molecule has 3 fully saturated rings. The zero-order chi connectivity index (χ0) is 25.4. The average molecular weight is 488 g/mol. The molecule has 9 heteroatoms. The van der Waals surface area contributed by atoms with Crippen LogP contribution in [0.15, 0.2) is 24.3 Å². The van der Waals surface area contributed by atoms with Gasteiger partial charge in [-0.1, -0.05) is 32.9 Å². The van der Waals surface area contributed by atoms with Crippen LogP contribution in [0.1, 0.15) is 70.9 Å². The Kier molecular flexibility index (Phi) is 7.20. The van der Waals surface area contributed by atoms with E-state index >= 15 is 0 Å². The number of nitrogens with one attached hydrogen (secondary N) is 3. The minimum absolute atomic E-state index is 0.0474. The van der Waals surface area contributed by atoms with Gasteiger partial charge < -0.3 is 10.2 Å². The number of amides is 4. The standard InChI is InChI=1S/C26H38FN5O3/c1-17-13-25(2,3)16-26(14-17)23(34)32(24(35)28-26)15-22(33)31(4)10-6-9-20-12-21(30-29-20)18-7-5-8-19(27)11-18/h5,7-8,11,17,20-21,29-30H,6,9-10,12-16H2,1-4H3,(H,28,35). The second-order valence-electron chi connectivity index (χ2n) is 11.5. The van der Waals surface area contributed by atoms with Crippen molar-refractivity contribution in [3.8, 4) is 0 Å². The van der Waals surface area contributed by atoms with Crippen molar-refractivity contribution in [1.82, 2.24) is 26.0 Å². The molecular formula is C26H38FN5O3. The van der Waals surface area contributed by atoms with Crippen molar-refractivity contribution in [2.45, 2.75) is 76.9 Å². The summed E-state index contributed by atoms with van der Waals surface area (Å²) in [5, 5.41) is 2.93. The van der Waals surface area contributed by atoms with E-state index in [2.05, 4.69) is 36.9 Å². The van der Waals surface area contributed by atoms with Crippen LogP contribution in [0.5, 0.6) is 0 Å². The minimum atomic E-state index is -0.892. The van der Waals surface area contributed by atoms with Gasteiger partial charge in [-0.2, -0.15) is 0 Å². The number of carbonyl (C=O) groups is 3. The summed E-state index contributed by atoms with van der Waals surface area (Å²) in [4.78, 5) is 41.5. The Hall–Kier alpha value is -2.52. The average Bonchev–Trinajstić information content (AvgIpc) is 3.31. The quantitative estimate of drug-likeness (QED) is 0.514. The van der Waals surface area contributed by atoms with Gasteiger partial charge in [-0.3, -0.25) is 25.3 Å². The molecule has 2 heterocycles. The molecule has 1 aromatic rings. The SMILES string of the molecule is CC1CC(C)(C)CC2(C1)NC(=O)N(CC(=O)N(C)CCCC1CC(c3cccc(F)c3)NN1)C2=O. The monoisotopic (exact) mass is 487 g/mol. The molecule has 1 spiro atoms. The largest absolute Gasteiger partial charge is 0.344 e. The van der Waals surface area contributed by atoms with Crippen molar-refractivity contribution >= 4 is 17.8 Å². The first-order valence-corrected chi connectivity index (χ1v) is 12.6. The summed E-state index contributed by atoms with van der Waals surface area (Å²) in [7, 11) is 1.71. The topological polar surface area (TPSA) is 93.8 Å². The lowest BCUT2D eigenvalue weighted by Gasteiger charge is -2.43. The van der Waals surface area contributed by atoms with E-state index in [-0.39, 0.29) is 41.7 Å². The van der Waals surface area contributed by atoms with E-state index in [1.165, 1.54) is 6.07 Å². The third-order valence-corrected chi connectivity index (χ3v) is 7.62. The van der Waals surface area contributed by atoms with E-state index in [4.69, 9.17) is 0 Å². The lowest BCUT2D eigenvalue weighted by atomic mass is 9.64. The van der Waals surface area contributed by atoms with E-state index in [1.54, 1.807) is 24.1 Å². The summed E-state index contributed by atoms with van der Waals surface area (Å²) in [6, 6.07) is 6.40. The van der Waals surface area contributed by atoms with Crippen molar-refractivity contribution in [3.63, 3.8) is 0 Å². The molecule has 35 heavy (non-hydrogen) atoms. The van der Waals surface area contributed by atoms with Crippen LogP contribution < -0.4 is 16.2 Å². The fourth-order valence-electron chi connectivity index (χ4n) is 6.36. The molecule has 0 bridgehead atoms. The second-order valence-corrected chi connectivity index (χ2v) is 11.5. The fourth-order valence-corrected chi connectivity index (χ4v) is 6.36. The van der Waals surface area contributed by atoms with Crippen molar-refractivity contribution in [2.75, 3.05) is 20.1 Å². The molecule has 4 atom stereocenters. The minimum Gasteiger partial charge on any atom is -0.344 e. The van der Waals surface area contributed by atoms with Gasteiger partial charge in [0, 0.05) is 25.7 Å². The van der Waals surface area contributed by atoms with Crippen LogP contribution in [-0.4, -0.2) is 59.4 Å². The van der Waals surface area contributed by atoms with Crippen molar-refractivity contribution in [2.24, 2.45) is 11.3 Å². The zero-order valence-corrected chi connectivity index (χ0v) is 21.2. The molecule has 8 nitrogen and oxygen atoms in total. The highest BCUT2D eigenvalue weighted by atomic mass is 19.1. The van der Waals surface area contributed by atoms with Gasteiger partial charge in [0.15, 0.2) is 0 Å². The molecule has 4 rings (SSSR count). The maximum Gasteiger partial charge on any atom is 0.325 e. The lowest BCUT2D eigenvalue weighted by Crippen LogP contribution is -2.54. The Morgan fingerprint density at radius 1 is 1.23 bits per heavy atom. The van der Waals surface area contributed by atoms with E-state index in [9.17, 15) is 18.8 Å². The van der Waals surface area contributed by atoms with Crippen molar-refractivity contribution < 1.29 is 18.8 Å². The first-order chi connectivity index (χ1) is 16.5. The number of hydrogen-bond acceptors (Lipinski definition) is 5. The number of halogens is 1. The van der Waals surface area contributed by atoms with Crippen LogP contribution in [0, 0.1) is 17.2 Å². The maximum atomic E-state index is 13.5. The van der Waals surface area contributed by atoms with Gasteiger partial charge in [-0.05, 0) is 67.6 Å². The molecule has 1 aliphatic carbocycles. The molecule has 192 valence electrons. The van der Waals surface area contributed by atoms with Crippen LogP contribution in [0.2, 0.25) is 0 Å². The number of hydrogen-bond donors (Lipinski definition) is 3. The molecule has 2 aliphatic heterocycles. The predicted octanol–water partition coefficient (Wildman–Crippen LogP) is 3.11. The number of carbonyl (C=O) groups excluding carboxylic acids is 3. The number of benzene rings is 1. The summed E-state index contributed by atoms with van der Waals surface area (Å²) in [5.41, 5.74) is 6.45. The number of nitrogens with zero attached hydrogens (tertiary/aromatic N) is 2. The van der Waals surface area contributed by atoms with Crippen molar-refractivity contribution in [3.05, 3.63) is 35.6 Å². The highest BCUT2D eigenvalue weighted by Gasteiger charge is 2.56. The molecule has 3 aliphatic rings. The first kappa shape index (κ1) is 25.6. The summed E-state index contributed by atoms with van der Waals surface area (Å²) >= 11 is 0. The molecule has 0 aromatic heterocycles. The van der Waals surface area contributed by atoms with E-state index in [1.807, 2.05) is 6.07 Å². The number of urea groups is 1. The maximum absolute atomic E-state index is 13.5. The predicted molar refractivity (Wildman–Crippen MR) is 130 cm³/mol. The Labute approximate surface area is 207 Å². The third kappa shape index (κ3) is 5.67. The van der Waals surface area contributed by atoms with Crippen molar-refractivity contribution in [1.29, 1.82) is 0 Å². The third-order valence-electron chi connectivity index (χ3n) is 7.62. The highest BCUT2D eigenvalue weighted by Crippen LogP contribution is 2.46. The smallest absolute Gasteiger partial charge is 0.325 e. The second kappa shape index (κ2) is 9.85. The Morgan fingerprint density at radius 2 is 2.00 bits per heavy atom. The van der Waals surface area contributed by atoms with E-state index in [0.717, 1.165) is 36.1 Å². The lowest BCUT2D eigenvalue weighted by molar-refractivity contribution is -0.140. The Bertz CT molecular complexity index is 985. The number of hydrazine groups is 1. The van der Waals surface area contributed by atoms with E-state index in [0.29, 0.717) is 25.3 Å². The van der Waals surface area contributed by atoms with Crippen LogP contribution in [0.3, 0.4) is 0 Å². The summed E-state index contributed by atoms with van der Waals surface area (Å²) in [5.74, 6) is -0.441. The molecule has 1 saturated carbocycles. The van der Waals surface area contributed by atoms with Gasteiger partial charge in [0.05, 0.1) is 0 Å². The zero-order valence-electron chi connectivity index (χ0n) is 21.2. The summed E-state index contributed by atoms with van der Waals surface area (Å²) in [6.45, 7) is 6.66. The number of likely N-dealkylation sites (N-methyl/N-ethyl adjacent to an activating group) is 1. The highest BCUT2D eigenvalue weighted by molar-refractivity contribution is 6.09. The molecule has 0 radical (unpaired) electrons. The molecule has 4 amide bonds. The molecule has 1 aromatic carbocycles. The van der Waals surface area contributed by atoms with Gasteiger partial charge in [-0.15, -0.1) is 0 Å². The van der Waals surface area contributed by atoms with Crippen LogP contribution in [-0.2, 0) is 9.59 Å². The fraction of sp³-hybridized carbons (Fsp3) is 0.654. The first-order valence-electron chi connectivity index (χ1n) is 12.6. The normalized spacial score (nSPS) is 30.1. The summed E-state index contributed by atoms with van der Waals surface area (Å²) in [6.07, 6.45) is 4.66. The molecule has 3 N–H and O–H groups in total. The van der Waals surface area contributed by atoms with Crippen LogP contribution >= 0.6 is 0 Å².